The molecule has 4 aliphatic rings. The molecule has 1 spiro atoms. The lowest BCUT2D eigenvalue weighted by molar-refractivity contribution is -0.201. The number of methoxy groups -OCH3 is 1. The normalized spacial score (nSPS) is 50.2. The van der Waals surface area contributed by atoms with Crippen molar-refractivity contribution >= 4 is 11.8 Å². The highest BCUT2D eigenvalue weighted by molar-refractivity contribution is 5.87. The smallest absolute Gasteiger partial charge is 0.311 e. The van der Waals surface area contributed by atoms with Crippen molar-refractivity contribution in [3.63, 3.8) is 0 Å². The molecule has 6 atom stereocenters. The minimum atomic E-state index is -0.360. The molecule has 4 aliphatic carbocycles. The standard InChI is InChI=1S/C21H30O3/c1-13-12-21-11-8-15-19(2,16(21)7-6-14(22)17(13)21)9-5-10-20(15,3)18(23)24-4/h15-17H,1,5-12H2,2-4H3/t15-,16-,17-,19+,20-,21+/m1/s1. The van der Waals surface area contributed by atoms with Gasteiger partial charge in [-0.1, -0.05) is 25.5 Å². The fourth-order valence-electron chi connectivity index (χ4n) is 7.76. The monoisotopic (exact) mass is 330 g/mol. The van der Waals surface area contributed by atoms with Crippen LogP contribution in [0.3, 0.4) is 0 Å². The summed E-state index contributed by atoms with van der Waals surface area (Å²) in [4.78, 5) is 25.1. The molecule has 4 rings (SSSR count). The van der Waals surface area contributed by atoms with Crippen molar-refractivity contribution in [3.05, 3.63) is 12.2 Å². The summed E-state index contributed by atoms with van der Waals surface area (Å²) in [5.41, 5.74) is 1.12. The summed E-state index contributed by atoms with van der Waals surface area (Å²) in [5.74, 6) is 1.44. The Balaban J connectivity index is 1.74. The lowest BCUT2D eigenvalue weighted by atomic mass is 9.34. The lowest BCUT2D eigenvalue weighted by Gasteiger charge is -2.69. The molecule has 0 radical (unpaired) electrons. The Morgan fingerprint density at radius 1 is 1.17 bits per heavy atom. The number of ketones is 1. The van der Waals surface area contributed by atoms with Crippen molar-refractivity contribution in [3.8, 4) is 0 Å². The van der Waals surface area contributed by atoms with E-state index in [1.807, 2.05) is 0 Å². The quantitative estimate of drug-likeness (QED) is 0.531. The van der Waals surface area contributed by atoms with E-state index >= 15 is 0 Å². The van der Waals surface area contributed by atoms with Gasteiger partial charge in [0.1, 0.15) is 5.78 Å². The van der Waals surface area contributed by atoms with Crippen LogP contribution in [0, 0.1) is 34.0 Å². The van der Waals surface area contributed by atoms with E-state index < -0.39 is 0 Å². The number of fused-ring (bicyclic) bond motifs is 2. The second kappa shape index (κ2) is 4.95. The van der Waals surface area contributed by atoms with E-state index in [2.05, 4.69) is 20.4 Å². The Labute approximate surface area is 145 Å². The van der Waals surface area contributed by atoms with Crippen molar-refractivity contribution in [2.24, 2.45) is 34.0 Å². The number of rotatable bonds is 1. The Morgan fingerprint density at radius 2 is 1.92 bits per heavy atom. The molecule has 3 nitrogen and oxygen atoms in total. The number of hydrogen-bond acceptors (Lipinski definition) is 3. The molecule has 0 saturated heterocycles. The highest BCUT2D eigenvalue weighted by atomic mass is 16.5. The van der Waals surface area contributed by atoms with E-state index in [9.17, 15) is 9.59 Å². The first-order chi connectivity index (χ1) is 11.3. The van der Waals surface area contributed by atoms with Gasteiger partial charge in [-0.25, -0.2) is 0 Å². The van der Waals surface area contributed by atoms with Crippen LogP contribution >= 0.6 is 0 Å². The molecule has 0 aromatic rings. The van der Waals surface area contributed by atoms with Gasteiger partial charge in [-0.05, 0) is 68.1 Å². The average molecular weight is 330 g/mol. The van der Waals surface area contributed by atoms with Crippen molar-refractivity contribution in [1.29, 1.82) is 0 Å². The van der Waals surface area contributed by atoms with Crippen LogP contribution in [-0.4, -0.2) is 18.9 Å². The van der Waals surface area contributed by atoms with Crippen molar-refractivity contribution in [2.45, 2.75) is 65.2 Å². The molecule has 0 N–H and O–H groups in total. The first-order valence-electron chi connectivity index (χ1n) is 9.58. The van der Waals surface area contributed by atoms with Crippen molar-refractivity contribution in [1.82, 2.24) is 0 Å². The topological polar surface area (TPSA) is 43.4 Å². The molecule has 0 unspecified atom stereocenters. The van der Waals surface area contributed by atoms with Gasteiger partial charge in [-0.15, -0.1) is 0 Å². The fourth-order valence-corrected chi connectivity index (χ4v) is 7.76. The summed E-state index contributed by atoms with van der Waals surface area (Å²) in [5, 5.41) is 0. The minimum absolute atomic E-state index is 0.0316. The summed E-state index contributed by atoms with van der Waals surface area (Å²) in [6.07, 6.45) is 8.09. The molecule has 0 bridgehead atoms. The first-order valence-corrected chi connectivity index (χ1v) is 9.58. The molecular weight excluding hydrogens is 300 g/mol. The number of carbonyl (C=O) groups excluding carboxylic acids is 2. The molecule has 4 fully saturated rings. The summed E-state index contributed by atoms with van der Waals surface area (Å²) in [6.45, 7) is 8.73. The number of allylic oxidation sites excluding steroid dienone is 1. The molecule has 132 valence electrons. The van der Waals surface area contributed by atoms with Crippen LogP contribution in [0.4, 0.5) is 0 Å². The van der Waals surface area contributed by atoms with E-state index in [-0.39, 0.29) is 28.1 Å². The molecule has 0 heterocycles. The van der Waals surface area contributed by atoms with Crippen LogP contribution in [0.25, 0.3) is 0 Å². The third-order valence-corrected chi connectivity index (χ3v) is 8.56. The second-order valence-electron chi connectivity index (χ2n) is 9.42. The Bertz CT molecular complexity index is 623. The van der Waals surface area contributed by atoms with Crippen LogP contribution in [0.2, 0.25) is 0 Å². The summed E-state index contributed by atoms with van der Waals surface area (Å²) in [7, 11) is 1.52. The third kappa shape index (κ3) is 1.74. The van der Waals surface area contributed by atoms with E-state index in [0.29, 0.717) is 24.0 Å². The maximum absolute atomic E-state index is 12.6. The summed E-state index contributed by atoms with van der Waals surface area (Å²) < 4.78 is 5.21. The number of hydrogen-bond donors (Lipinski definition) is 0. The molecule has 0 amide bonds. The molecule has 0 aliphatic heterocycles. The second-order valence-corrected chi connectivity index (χ2v) is 9.42. The van der Waals surface area contributed by atoms with Gasteiger partial charge in [0.25, 0.3) is 0 Å². The Morgan fingerprint density at radius 3 is 2.58 bits per heavy atom. The van der Waals surface area contributed by atoms with Crippen LogP contribution < -0.4 is 0 Å². The third-order valence-electron chi connectivity index (χ3n) is 8.56. The Hall–Kier alpha value is -1.12. The summed E-state index contributed by atoms with van der Waals surface area (Å²) in [6, 6.07) is 0. The van der Waals surface area contributed by atoms with Gasteiger partial charge in [-0.3, -0.25) is 9.59 Å². The van der Waals surface area contributed by atoms with E-state index in [1.54, 1.807) is 0 Å². The average Bonchev–Trinajstić information content (AvgIpc) is 2.51. The minimum Gasteiger partial charge on any atom is -0.469 e. The van der Waals surface area contributed by atoms with E-state index in [4.69, 9.17) is 4.74 Å². The van der Waals surface area contributed by atoms with E-state index in [0.717, 1.165) is 38.5 Å². The zero-order valence-electron chi connectivity index (χ0n) is 15.3. The largest absolute Gasteiger partial charge is 0.469 e. The first kappa shape index (κ1) is 16.4. The van der Waals surface area contributed by atoms with E-state index in [1.165, 1.54) is 19.1 Å². The van der Waals surface area contributed by atoms with Gasteiger partial charge in [0.05, 0.1) is 12.5 Å². The van der Waals surface area contributed by atoms with Gasteiger partial charge in [0, 0.05) is 12.3 Å². The molecule has 24 heavy (non-hydrogen) atoms. The highest BCUT2D eigenvalue weighted by Gasteiger charge is 2.69. The van der Waals surface area contributed by atoms with Crippen molar-refractivity contribution < 1.29 is 14.3 Å². The van der Waals surface area contributed by atoms with Gasteiger partial charge in [0.15, 0.2) is 0 Å². The van der Waals surface area contributed by atoms with Gasteiger partial charge >= 0.3 is 5.97 Å². The predicted molar refractivity (Wildman–Crippen MR) is 92.2 cm³/mol. The van der Waals surface area contributed by atoms with Gasteiger partial charge in [-0.2, -0.15) is 0 Å². The Kier molecular flexibility index (Phi) is 3.38. The number of Topliss-reactive ketones (excluding diaryl/α,β-unsaturated/α-hetero) is 1. The number of ether oxygens (including phenoxy) is 1. The molecule has 0 aromatic heterocycles. The highest BCUT2D eigenvalue weighted by Crippen LogP contribution is 2.73. The molecule has 3 heteroatoms. The lowest BCUT2D eigenvalue weighted by Crippen LogP contribution is -2.65. The van der Waals surface area contributed by atoms with Crippen LogP contribution in [0.15, 0.2) is 12.2 Å². The van der Waals surface area contributed by atoms with Crippen LogP contribution in [-0.2, 0) is 14.3 Å². The molecule has 4 saturated carbocycles. The maximum Gasteiger partial charge on any atom is 0.311 e. The zero-order chi connectivity index (χ0) is 17.3. The predicted octanol–water partition coefficient (Wildman–Crippen LogP) is 4.31. The van der Waals surface area contributed by atoms with Crippen LogP contribution in [0.5, 0.6) is 0 Å². The van der Waals surface area contributed by atoms with Crippen molar-refractivity contribution in [2.75, 3.05) is 7.11 Å². The van der Waals surface area contributed by atoms with Gasteiger partial charge < -0.3 is 4.74 Å². The summed E-state index contributed by atoms with van der Waals surface area (Å²) >= 11 is 0. The zero-order valence-corrected chi connectivity index (χ0v) is 15.3. The maximum atomic E-state index is 12.6. The number of esters is 1. The molecule has 0 aromatic carbocycles. The van der Waals surface area contributed by atoms with Crippen LogP contribution in [0.1, 0.15) is 65.2 Å². The SMILES string of the molecule is C=C1C[C@@]23CC[C@@H]4[C@](C)(CCC[C@@]4(C)C(=O)OC)[C@H]2CCC(=O)[C@@H]13. The molecular formula is C21H30O3. The van der Waals surface area contributed by atoms with Gasteiger partial charge in [0.2, 0.25) is 0 Å². The fraction of sp³-hybridized carbons (Fsp3) is 0.810. The number of carbonyl (C=O) groups is 2.